The molecule has 0 aliphatic carbocycles. The monoisotopic (exact) mass is 543 g/mol. The molecular weight excluding hydrogens is 530 g/mol. The van der Waals surface area contributed by atoms with Gasteiger partial charge in [-0.2, -0.15) is 4.98 Å². The minimum atomic E-state index is -0.539. The van der Waals surface area contributed by atoms with Gasteiger partial charge in [0, 0.05) is 11.3 Å². The predicted molar refractivity (Wildman–Crippen MR) is 122 cm³/mol. The van der Waals surface area contributed by atoms with Crippen LogP contribution in [-0.2, 0) is 0 Å². The standard InChI is InChI=1S/C22H15Br2N3O4/c1-12-2-6-15(7-3-12)30-16-8-4-14(5-9-16)25-21(29)22-26-20(27-31-22)13-10-17(23)19(28)18(24)11-13/h2-11,28H,1H3,(H,25,29). The van der Waals surface area contributed by atoms with Gasteiger partial charge in [0.1, 0.15) is 17.2 Å². The van der Waals surface area contributed by atoms with E-state index in [1.165, 1.54) is 0 Å². The van der Waals surface area contributed by atoms with Gasteiger partial charge in [-0.25, -0.2) is 0 Å². The van der Waals surface area contributed by atoms with Crippen molar-refractivity contribution in [1.29, 1.82) is 0 Å². The first-order valence-electron chi connectivity index (χ1n) is 9.07. The Labute approximate surface area is 194 Å². The summed E-state index contributed by atoms with van der Waals surface area (Å²) in [5, 5.41) is 16.4. The third-order valence-corrected chi connectivity index (χ3v) is 5.47. The Morgan fingerprint density at radius 3 is 2.19 bits per heavy atom. The first-order valence-corrected chi connectivity index (χ1v) is 10.7. The highest BCUT2D eigenvalue weighted by molar-refractivity contribution is 9.11. The van der Waals surface area contributed by atoms with E-state index in [0.29, 0.717) is 25.9 Å². The number of carbonyl (C=O) groups is 1. The van der Waals surface area contributed by atoms with Crippen molar-refractivity contribution in [2.24, 2.45) is 0 Å². The fourth-order valence-corrected chi connectivity index (χ4v) is 3.85. The molecule has 4 rings (SSSR count). The number of anilines is 1. The van der Waals surface area contributed by atoms with Crippen LogP contribution in [0.4, 0.5) is 5.69 Å². The minimum Gasteiger partial charge on any atom is -0.506 e. The van der Waals surface area contributed by atoms with E-state index >= 15 is 0 Å². The van der Waals surface area contributed by atoms with Crippen LogP contribution in [0.15, 0.2) is 74.1 Å². The summed E-state index contributed by atoms with van der Waals surface area (Å²) in [5.74, 6) is 0.922. The number of nitrogens with zero attached hydrogens (tertiary/aromatic N) is 2. The summed E-state index contributed by atoms with van der Waals surface area (Å²) in [6, 6.07) is 17.9. The Balaban J connectivity index is 1.43. The van der Waals surface area contributed by atoms with Crippen molar-refractivity contribution >= 4 is 43.5 Å². The molecule has 1 heterocycles. The number of aryl methyl sites for hydroxylation is 1. The molecule has 0 saturated carbocycles. The van der Waals surface area contributed by atoms with E-state index in [-0.39, 0.29) is 17.5 Å². The van der Waals surface area contributed by atoms with Gasteiger partial charge in [-0.05, 0) is 87.3 Å². The van der Waals surface area contributed by atoms with Gasteiger partial charge in [0.2, 0.25) is 5.82 Å². The molecule has 7 nitrogen and oxygen atoms in total. The Bertz CT molecular complexity index is 1220. The molecule has 0 saturated heterocycles. The van der Waals surface area contributed by atoms with Gasteiger partial charge in [0.05, 0.1) is 8.95 Å². The molecule has 3 aromatic carbocycles. The molecule has 0 bridgehead atoms. The van der Waals surface area contributed by atoms with Crippen molar-refractivity contribution < 1.29 is 19.2 Å². The van der Waals surface area contributed by atoms with Crippen LogP contribution in [0.3, 0.4) is 0 Å². The molecule has 1 amide bonds. The van der Waals surface area contributed by atoms with E-state index in [9.17, 15) is 9.90 Å². The molecule has 0 aliphatic heterocycles. The van der Waals surface area contributed by atoms with Crippen molar-refractivity contribution in [2.45, 2.75) is 6.92 Å². The van der Waals surface area contributed by atoms with Gasteiger partial charge < -0.3 is 19.7 Å². The largest absolute Gasteiger partial charge is 0.506 e. The average Bonchev–Trinajstić information content (AvgIpc) is 3.25. The number of carbonyl (C=O) groups excluding carboxylic acids is 1. The third kappa shape index (κ3) is 4.95. The van der Waals surface area contributed by atoms with Gasteiger partial charge in [-0.1, -0.05) is 22.9 Å². The van der Waals surface area contributed by atoms with Crippen LogP contribution >= 0.6 is 31.9 Å². The summed E-state index contributed by atoms with van der Waals surface area (Å²) in [6.45, 7) is 2.01. The van der Waals surface area contributed by atoms with Crippen molar-refractivity contribution in [1.82, 2.24) is 10.1 Å². The normalized spacial score (nSPS) is 10.7. The zero-order valence-corrected chi connectivity index (χ0v) is 19.3. The van der Waals surface area contributed by atoms with Crippen LogP contribution in [0.5, 0.6) is 17.2 Å². The number of hydrogen-bond donors (Lipinski definition) is 2. The van der Waals surface area contributed by atoms with Crippen molar-refractivity contribution in [2.75, 3.05) is 5.32 Å². The van der Waals surface area contributed by atoms with Crippen LogP contribution in [-0.4, -0.2) is 21.2 Å². The van der Waals surface area contributed by atoms with Crippen LogP contribution in [0.25, 0.3) is 11.4 Å². The maximum Gasteiger partial charge on any atom is 0.316 e. The first-order chi connectivity index (χ1) is 14.9. The number of hydrogen-bond acceptors (Lipinski definition) is 6. The highest BCUT2D eigenvalue weighted by atomic mass is 79.9. The van der Waals surface area contributed by atoms with Crippen LogP contribution in [0.1, 0.15) is 16.2 Å². The average molecular weight is 545 g/mol. The predicted octanol–water partition coefficient (Wildman–Crippen LogP) is 6.32. The lowest BCUT2D eigenvalue weighted by molar-refractivity contribution is 0.0981. The van der Waals surface area contributed by atoms with Crippen LogP contribution in [0.2, 0.25) is 0 Å². The second-order valence-electron chi connectivity index (χ2n) is 6.61. The van der Waals surface area contributed by atoms with Crippen LogP contribution in [0, 0.1) is 6.92 Å². The number of benzene rings is 3. The number of aromatic nitrogens is 2. The molecule has 31 heavy (non-hydrogen) atoms. The summed E-state index contributed by atoms with van der Waals surface area (Å²) in [6.07, 6.45) is 0. The Hall–Kier alpha value is -3.17. The number of aromatic hydroxyl groups is 1. The summed E-state index contributed by atoms with van der Waals surface area (Å²) < 4.78 is 11.8. The van der Waals surface area contributed by atoms with Gasteiger partial charge in [-0.3, -0.25) is 4.79 Å². The summed E-state index contributed by atoms with van der Waals surface area (Å²) in [5.41, 5.74) is 2.27. The highest BCUT2D eigenvalue weighted by Gasteiger charge is 2.18. The van der Waals surface area contributed by atoms with Gasteiger partial charge in [0.15, 0.2) is 0 Å². The molecule has 156 valence electrons. The molecule has 0 atom stereocenters. The lowest BCUT2D eigenvalue weighted by Gasteiger charge is -2.07. The zero-order chi connectivity index (χ0) is 22.0. The lowest BCUT2D eigenvalue weighted by atomic mass is 10.2. The number of halogens is 2. The Morgan fingerprint density at radius 1 is 1.00 bits per heavy atom. The fraction of sp³-hybridized carbons (Fsp3) is 0.0455. The Morgan fingerprint density at radius 2 is 1.58 bits per heavy atom. The summed E-state index contributed by atoms with van der Waals surface area (Å²) >= 11 is 6.50. The fourth-order valence-electron chi connectivity index (χ4n) is 2.66. The SMILES string of the molecule is Cc1ccc(Oc2ccc(NC(=O)c3nc(-c4cc(Br)c(O)c(Br)c4)no3)cc2)cc1. The number of nitrogens with one attached hydrogen (secondary N) is 1. The number of rotatable bonds is 5. The number of amides is 1. The summed E-state index contributed by atoms with van der Waals surface area (Å²) in [4.78, 5) is 16.6. The molecular formula is C22H15Br2N3O4. The molecule has 0 fully saturated rings. The molecule has 1 aromatic heterocycles. The maximum atomic E-state index is 12.5. The minimum absolute atomic E-state index is 0.0556. The van der Waals surface area contributed by atoms with E-state index in [4.69, 9.17) is 9.26 Å². The van der Waals surface area contributed by atoms with Crippen molar-refractivity contribution in [3.05, 3.63) is 81.1 Å². The third-order valence-electron chi connectivity index (χ3n) is 4.26. The van der Waals surface area contributed by atoms with E-state index in [2.05, 4.69) is 47.3 Å². The smallest absolute Gasteiger partial charge is 0.316 e. The van der Waals surface area contributed by atoms with E-state index < -0.39 is 5.91 Å². The topological polar surface area (TPSA) is 97.5 Å². The molecule has 0 spiro atoms. The second-order valence-corrected chi connectivity index (χ2v) is 8.31. The zero-order valence-electron chi connectivity index (χ0n) is 16.1. The Kier molecular flexibility index (Phi) is 6.06. The maximum absolute atomic E-state index is 12.5. The number of ether oxygens (including phenoxy) is 1. The van der Waals surface area contributed by atoms with Gasteiger partial charge in [0.25, 0.3) is 0 Å². The summed E-state index contributed by atoms with van der Waals surface area (Å²) in [7, 11) is 0. The van der Waals surface area contributed by atoms with E-state index in [0.717, 1.165) is 11.3 Å². The number of phenols is 1. The molecule has 2 N–H and O–H groups in total. The quantitative estimate of drug-likeness (QED) is 0.305. The van der Waals surface area contributed by atoms with Gasteiger partial charge in [-0.15, -0.1) is 0 Å². The second kappa shape index (κ2) is 8.91. The molecule has 0 unspecified atom stereocenters. The first kappa shape index (κ1) is 21.1. The molecule has 9 heteroatoms. The lowest BCUT2D eigenvalue weighted by Crippen LogP contribution is -2.12. The molecule has 0 aliphatic rings. The molecule has 0 radical (unpaired) electrons. The van der Waals surface area contributed by atoms with E-state index in [1.54, 1.807) is 36.4 Å². The van der Waals surface area contributed by atoms with Gasteiger partial charge >= 0.3 is 11.8 Å². The number of phenolic OH excluding ortho intramolecular Hbond substituents is 1. The van der Waals surface area contributed by atoms with E-state index in [1.807, 2.05) is 31.2 Å². The van der Waals surface area contributed by atoms with Crippen molar-refractivity contribution in [3.8, 4) is 28.6 Å². The highest BCUT2D eigenvalue weighted by Crippen LogP contribution is 2.36. The molecule has 4 aromatic rings. The van der Waals surface area contributed by atoms with Crippen molar-refractivity contribution in [3.63, 3.8) is 0 Å². The van der Waals surface area contributed by atoms with Crippen LogP contribution < -0.4 is 10.1 Å².